The van der Waals surface area contributed by atoms with Gasteiger partial charge in [-0.3, -0.25) is 33.9 Å². The van der Waals surface area contributed by atoms with Crippen molar-refractivity contribution in [2.24, 2.45) is 0 Å². The third-order valence-electron chi connectivity index (χ3n) is 20.6. The maximum atomic E-state index is 13.4. The second kappa shape index (κ2) is 29.6. The van der Waals surface area contributed by atoms with E-state index in [1.807, 2.05) is 245 Å². The van der Waals surface area contributed by atoms with E-state index in [9.17, 15) is 28.8 Å². The number of hydrogen-bond acceptors (Lipinski definition) is 14. The first kappa shape index (κ1) is 72.0. The van der Waals surface area contributed by atoms with E-state index in [4.69, 9.17) is 66.5 Å². The van der Waals surface area contributed by atoms with E-state index in [0.717, 1.165) is 129 Å². The normalized spacial score (nSPS) is 12.5. The van der Waals surface area contributed by atoms with Crippen LogP contribution in [0.15, 0.2) is 273 Å². The first-order chi connectivity index (χ1) is 55.7. The van der Waals surface area contributed by atoms with E-state index >= 15 is 0 Å². The van der Waals surface area contributed by atoms with E-state index < -0.39 is 0 Å². The summed E-state index contributed by atoms with van der Waals surface area (Å²) in [4.78, 5) is 81.6. The van der Waals surface area contributed by atoms with Gasteiger partial charge in [-0.2, -0.15) is 25.9 Å². The average molecular weight is 1570 g/mol. The van der Waals surface area contributed by atoms with Gasteiger partial charge in [-0.25, -0.2) is 14.0 Å². The van der Waals surface area contributed by atoms with Crippen LogP contribution in [0.1, 0.15) is 102 Å². The molecule has 552 valence electrons. The van der Waals surface area contributed by atoms with E-state index in [2.05, 4.69) is 26.3 Å². The molecule has 18 nitrogen and oxygen atoms in total. The molecule has 0 radical (unpaired) electrons. The Bertz CT molecular complexity index is 6850. The van der Waals surface area contributed by atoms with Gasteiger partial charge in [0, 0.05) is 95.1 Å². The van der Waals surface area contributed by atoms with Crippen molar-refractivity contribution in [2.75, 3.05) is 31.0 Å². The molecule has 22 rings (SSSR count). The van der Waals surface area contributed by atoms with E-state index in [1.54, 1.807) is 55.6 Å². The molecule has 0 aliphatic heterocycles. The molecule has 0 bridgehead atoms. The summed E-state index contributed by atoms with van der Waals surface area (Å²) in [6.45, 7) is 3.18. The van der Waals surface area contributed by atoms with Gasteiger partial charge in [0.2, 0.25) is 0 Å². The summed E-state index contributed by atoms with van der Waals surface area (Å²) in [5.74, 6) is -0.527. The molecule has 0 spiro atoms. The Balaban J connectivity index is 0.000000100. The highest BCUT2D eigenvalue weighted by molar-refractivity contribution is 6.43. The van der Waals surface area contributed by atoms with Crippen LogP contribution in [0.25, 0.3) is 106 Å². The number of fused-ring (bicyclic) bond motifs is 10. The molecule has 114 heavy (non-hydrogen) atoms. The van der Waals surface area contributed by atoms with Crippen molar-refractivity contribution >= 4 is 136 Å². The van der Waals surface area contributed by atoms with Crippen LogP contribution >= 0.6 is 46.4 Å². The molecular formula is C92H59Cl4N11O7. The van der Waals surface area contributed by atoms with Crippen LogP contribution in [0.4, 0.5) is 11.4 Å². The molecule has 22 heteroatoms. The van der Waals surface area contributed by atoms with Crippen molar-refractivity contribution in [3.05, 3.63) is 360 Å². The lowest BCUT2D eigenvalue weighted by Crippen LogP contribution is -2.22. The molecule has 13 aromatic carbocycles. The summed E-state index contributed by atoms with van der Waals surface area (Å²) in [6, 6.07) is 85.2. The smallest absolute Gasteiger partial charge is 0.196 e. The number of carbonyl (C=O) groups excluding carboxylic acids is 6. The fraction of sp³-hybridized carbons (Fsp3) is 0.0435. The quantitative estimate of drug-likeness (QED) is 0.0599. The fourth-order valence-electron chi connectivity index (χ4n) is 15.7. The van der Waals surface area contributed by atoms with Gasteiger partial charge in [0.15, 0.2) is 34.7 Å². The average Bonchev–Trinajstić information content (AvgIpc) is 1.58. The minimum Gasteiger partial charge on any atom is -0.385 e. The monoisotopic (exact) mass is 1570 g/mol. The predicted molar refractivity (Wildman–Crippen MR) is 447 cm³/mol. The number of halogens is 4. The molecule has 0 saturated heterocycles. The van der Waals surface area contributed by atoms with Crippen molar-refractivity contribution in [1.29, 1.82) is 0 Å². The highest BCUT2D eigenvalue weighted by Crippen LogP contribution is 2.47. The number of rotatable bonds is 9. The lowest BCUT2D eigenvalue weighted by molar-refractivity contribution is 0.0975. The van der Waals surface area contributed by atoms with E-state index in [-0.39, 0.29) is 55.9 Å². The van der Waals surface area contributed by atoms with Crippen LogP contribution in [0.5, 0.6) is 0 Å². The molecule has 0 atom stereocenters. The topological polar surface area (TPSA) is 230 Å². The van der Waals surface area contributed by atoms with Gasteiger partial charge >= 0.3 is 0 Å². The van der Waals surface area contributed by atoms with Crippen LogP contribution in [-0.2, 0) is 4.84 Å². The highest BCUT2D eigenvalue weighted by atomic mass is 35.5. The fourth-order valence-corrected chi connectivity index (χ4v) is 16.7. The van der Waals surface area contributed by atoms with Gasteiger partial charge in [-0.1, -0.05) is 222 Å². The molecule has 0 unspecified atom stereocenters. The number of carbonyl (C=O) groups is 6. The number of para-hydroxylation sites is 3. The first-order valence-electron chi connectivity index (χ1n) is 36.3. The Morgan fingerprint density at radius 3 is 1.00 bits per heavy atom. The highest BCUT2D eigenvalue weighted by Gasteiger charge is 2.37. The Hall–Kier alpha value is -13.6. The minimum absolute atomic E-state index is 0.00114. The Morgan fingerprint density at radius 2 is 0.614 bits per heavy atom. The molecule has 4 heterocycles. The Kier molecular flexibility index (Phi) is 18.7. The second-order valence-electron chi connectivity index (χ2n) is 27.0. The Labute approximate surface area is 670 Å². The van der Waals surface area contributed by atoms with E-state index in [0.29, 0.717) is 66.8 Å². The van der Waals surface area contributed by atoms with Crippen molar-refractivity contribution in [2.45, 2.75) is 6.92 Å². The maximum Gasteiger partial charge on any atom is 0.196 e. The van der Waals surface area contributed by atoms with Gasteiger partial charge in [0.1, 0.15) is 22.8 Å². The van der Waals surface area contributed by atoms with Gasteiger partial charge < -0.3 is 15.5 Å². The number of hydroxylamine groups is 1. The van der Waals surface area contributed by atoms with Gasteiger partial charge in [-0.05, 0) is 104 Å². The predicted octanol–water partition coefficient (Wildman–Crippen LogP) is 20.5. The molecule has 17 aromatic rings. The minimum atomic E-state index is -0.257. The number of ketones is 6. The summed E-state index contributed by atoms with van der Waals surface area (Å²) >= 11 is 24.5. The number of H-pyrrole nitrogens is 1. The third-order valence-corrected chi connectivity index (χ3v) is 21.9. The second-order valence-corrected chi connectivity index (χ2v) is 28.6. The molecular weight excluding hydrogens is 1510 g/mol. The maximum absolute atomic E-state index is 13.4. The lowest BCUT2D eigenvalue weighted by atomic mass is 9.84. The SMILES string of the molecule is CCNc1cccc2c1C(=O)c1cccc3c1c-2nn3-c1ccccc1.CONCNc1cccc2c1C(=O)c1cccc3c1c-2nn3-c1ccccc1.O=C1c2c(Cl)cccc2-c2n[nH]c3cccc1c23.O=C1c2c(Cl)cccc2-c2nn(-c3ccccc3)c3cccc1c23.O=C1c2cccc(Cl)c2C(=O)c2cccc(Cl)c21. The number of aromatic amines is 1. The van der Waals surface area contributed by atoms with Crippen LogP contribution in [0.2, 0.25) is 20.1 Å². The lowest BCUT2D eigenvalue weighted by Gasteiger charge is -2.19. The summed E-state index contributed by atoms with van der Waals surface area (Å²) < 4.78 is 5.72. The van der Waals surface area contributed by atoms with E-state index in [1.165, 1.54) is 0 Å². The number of aromatic nitrogens is 8. The van der Waals surface area contributed by atoms with Crippen molar-refractivity contribution in [1.82, 2.24) is 45.0 Å². The van der Waals surface area contributed by atoms with Crippen LogP contribution in [0.3, 0.4) is 0 Å². The summed E-state index contributed by atoms with van der Waals surface area (Å²) in [7, 11) is 1.55. The molecule has 5 aliphatic carbocycles. The third kappa shape index (κ3) is 12.0. The zero-order valence-corrected chi connectivity index (χ0v) is 63.4. The molecule has 5 aliphatic rings. The van der Waals surface area contributed by atoms with Crippen LogP contribution < -0.4 is 16.1 Å². The van der Waals surface area contributed by atoms with Gasteiger partial charge in [0.25, 0.3) is 0 Å². The molecule has 4 N–H and O–H groups in total. The van der Waals surface area contributed by atoms with Crippen molar-refractivity contribution in [3.63, 3.8) is 0 Å². The summed E-state index contributed by atoms with van der Waals surface area (Å²) in [5.41, 5.74) is 23.9. The first-order valence-corrected chi connectivity index (χ1v) is 37.9. The number of nitrogens with zero attached hydrogens (tertiary/aromatic N) is 7. The standard InChI is InChI=1S/C22H18N4O2.C22H17N3O.C20H11ClN2O.C14H6Cl2O2.C14H7ClN2O/c1-28-24-13-23-17-11-5-9-15-19(17)22(27)16-10-6-12-18-20(16)21(15)25-26(18)14-7-3-2-4-8-14;1-2-23-17-12-6-10-15-19(17)22(26)16-11-7-13-18-20(16)21(15)24-25(18)14-8-4-3-5-9-14;21-15-10-4-8-13-17(15)20(24)14-9-5-11-16-18(14)19(13)22-23(16)12-6-2-1-3-7-12;15-9-5-1-3-7-11(9)14(18)8-4-2-6-10(16)12(8)13(7)17;15-9-5-1-3-7-11(9)14(18)8-4-2-6-10-12(8)13(7)17-16-10/h2-12,23-24H,13H2,1H3;3-13,23H,2H2,1H3;1-11H;1-6H;1-6H,(H,16,17). The number of nitrogens with one attached hydrogen (secondary N) is 4. The number of benzene rings is 13. The Morgan fingerprint density at radius 1 is 0.316 bits per heavy atom. The largest absolute Gasteiger partial charge is 0.385 e. The van der Waals surface area contributed by atoms with Crippen LogP contribution in [-0.4, -0.2) is 94.6 Å². The molecule has 0 fully saturated rings. The summed E-state index contributed by atoms with van der Waals surface area (Å²) in [5, 5.41) is 33.5. The molecule has 0 amide bonds. The zero-order chi connectivity index (χ0) is 78.2. The number of anilines is 2. The van der Waals surface area contributed by atoms with Crippen molar-refractivity contribution in [3.8, 4) is 62.1 Å². The summed E-state index contributed by atoms with van der Waals surface area (Å²) in [6.07, 6.45) is 0. The van der Waals surface area contributed by atoms with Gasteiger partial charge in [-0.15, -0.1) is 0 Å². The van der Waals surface area contributed by atoms with Crippen molar-refractivity contribution < 1.29 is 33.6 Å². The van der Waals surface area contributed by atoms with Crippen LogP contribution in [0, 0.1) is 0 Å². The number of hydrogen-bond donors (Lipinski definition) is 4. The zero-order valence-electron chi connectivity index (χ0n) is 60.4. The van der Waals surface area contributed by atoms with Gasteiger partial charge in [0.05, 0.1) is 106 Å². The molecule has 4 aromatic heterocycles. The molecule has 0 saturated carbocycles.